The smallest absolute Gasteiger partial charge is 0.246 e. The van der Waals surface area contributed by atoms with E-state index in [1.54, 1.807) is 4.90 Å². The van der Waals surface area contributed by atoms with Gasteiger partial charge in [-0.25, -0.2) is 8.42 Å². The predicted octanol–water partition coefficient (Wildman–Crippen LogP) is 0.524. The van der Waals surface area contributed by atoms with Gasteiger partial charge in [-0.15, -0.1) is 0 Å². The highest BCUT2D eigenvalue weighted by molar-refractivity contribution is 7.92. The Hall–Kier alpha value is -2.15. The molecule has 128 valence electrons. The van der Waals surface area contributed by atoms with Crippen LogP contribution in [-0.2, 0) is 19.4 Å². The van der Waals surface area contributed by atoms with E-state index in [2.05, 4.69) is 24.4 Å². The molecule has 3 rings (SSSR count). The van der Waals surface area contributed by atoms with Crippen molar-refractivity contribution in [1.29, 1.82) is 0 Å². The molecule has 2 heterocycles. The summed E-state index contributed by atoms with van der Waals surface area (Å²) in [6.45, 7) is 3.00. The van der Waals surface area contributed by atoms with Crippen molar-refractivity contribution in [2.24, 2.45) is 0 Å². The number of carbonyl (C=O) groups is 2. The zero-order valence-corrected chi connectivity index (χ0v) is 14.3. The SMILES string of the molecule is Cc1ccccc1C1=CCN(C(=O)[C@@H]2CS(=O)(=O)CC(=O)N2)CC1. The van der Waals surface area contributed by atoms with Gasteiger partial charge in [-0.3, -0.25) is 9.59 Å². The normalized spacial score (nSPS) is 23.4. The molecule has 24 heavy (non-hydrogen) atoms. The molecule has 2 aliphatic rings. The summed E-state index contributed by atoms with van der Waals surface area (Å²) in [5.41, 5.74) is 3.56. The summed E-state index contributed by atoms with van der Waals surface area (Å²) in [5, 5.41) is 2.49. The summed E-state index contributed by atoms with van der Waals surface area (Å²) in [4.78, 5) is 25.6. The van der Waals surface area contributed by atoms with Crippen molar-refractivity contribution in [3.8, 4) is 0 Å². The molecule has 1 atom stereocenters. The Labute approximate surface area is 141 Å². The molecule has 0 unspecified atom stereocenters. The number of sulfone groups is 1. The number of nitrogens with zero attached hydrogens (tertiary/aromatic N) is 1. The van der Waals surface area contributed by atoms with Gasteiger partial charge in [0.05, 0.1) is 5.75 Å². The Bertz CT molecular complexity index is 814. The Morgan fingerprint density at radius 1 is 1.29 bits per heavy atom. The fourth-order valence-electron chi connectivity index (χ4n) is 3.19. The molecule has 0 saturated carbocycles. The number of hydrogen-bond acceptors (Lipinski definition) is 4. The molecule has 1 saturated heterocycles. The van der Waals surface area contributed by atoms with Crippen molar-refractivity contribution in [2.45, 2.75) is 19.4 Å². The third-order valence-electron chi connectivity index (χ3n) is 4.42. The minimum absolute atomic E-state index is 0.317. The molecule has 0 aromatic heterocycles. The minimum Gasteiger partial charge on any atom is -0.342 e. The Balaban J connectivity index is 1.71. The molecule has 2 amide bonds. The second kappa shape index (κ2) is 6.39. The monoisotopic (exact) mass is 348 g/mol. The molecule has 0 radical (unpaired) electrons. The standard InChI is InChI=1S/C17H20N2O4S/c1-12-4-2-3-5-14(12)13-6-8-19(9-7-13)17(21)15-10-24(22,23)11-16(20)18-15/h2-6,15H,7-11H2,1H3,(H,18,20)/t15-/m0/s1. The third-order valence-corrected chi connectivity index (χ3v) is 5.96. The second-order valence-corrected chi connectivity index (χ2v) is 8.36. The van der Waals surface area contributed by atoms with Crippen LogP contribution in [0.3, 0.4) is 0 Å². The van der Waals surface area contributed by atoms with Crippen molar-refractivity contribution >= 4 is 27.2 Å². The van der Waals surface area contributed by atoms with Crippen molar-refractivity contribution in [3.63, 3.8) is 0 Å². The molecule has 0 bridgehead atoms. The van der Waals surface area contributed by atoms with Gasteiger partial charge in [0, 0.05) is 13.1 Å². The number of benzene rings is 1. The zero-order chi connectivity index (χ0) is 17.3. The molecular formula is C17H20N2O4S. The zero-order valence-electron chi connectivity index (χ0n) is 13.5. The van der Waals surface area contributed by atoms with Gasteiger partial charge in [0.15, 0.2) is 9.84 Å². The Kier molecular flexibility index (Phi) is 4.45. The first kappa shape index (κ1) is 16.7. The maximum absolute atomic E-state index is 12.5. The van der Waals surface area contributed by atoms with Crippen LogP contribution < -0.4 is 5.32 Å². The van der Waals surface area contributed by atoms with E-state index in [1.807, 2.05) is 18.2 Å². The first-order chi connectivity index (χ1) is 11.4. The average Bonchev–Trinajstić information content (AvgIpc) is 2.53. The molecule has 1 aromatic carbocycles. The lowest BCUT2D eigenvalue weighted by Gasteiger charge is -2.32. The van der Waals surface area contributed by atoms with Crippen LogP contribution in [-0.4, -0.2) is 55.8 Å². The number of nitrogens with one attached hydrogen (secondary N) is 1. The largest absolute Gasteiger partial charge is 0.342 e. The average molecular weight is 348 g/mol. The van der Waals surface area contributed by atoms with Crippen LogP contribution in [0.4, 0.5) is 0 Å². The first-order valence-electron chi connectivity index (χ1n) is 7.89. The van der Waals surface area contributed by atoms with Crippen LogP contribution in [0.1, 0.15) is 17.5 Å². The van der Waals surface area contributed by atoms with Gasteiger partial charge in [-0.2, -0.15) is 0 Å². The molecule has 0 spiro atoms. The van der Waals surface area contributed by atoms with Gasteiger partial charge in [0.25, 0.3) is 0 Å². The summed E-state index contributed by atoms with van der Waals surface area (Å²) in [6, 6.07) is 7.13. The fraction of sp³-hybridized carbons (Fsp3) is 0.412. The topological polar surface area (TPSA) is 83.6 Å². The van der Waals surface area contributed by atoms with E-state index in [-0.39, 0.29) is 11.7 Å². The minimum atomic E-state index is -3.50. The third kappa shape index (κ3) is 3.51. The molecule has 0 aliphatic carbocycles. The summed E-state index contributed by atoms with van der Waals surface area (Å²) in [6.07, 6.45) is 2.72. The summed E-state index contributed by atoms with van der Waals surface area (Å²) in [5.74, 6) is -1.78. The summed E-state index contributed by atoms with van der Waals surface area (Å²) >= 11 is 0. The van der Waals surface area contributed by atoms with Crippen molar-refractivity contribution < 1.29 is 18.0 Å². The molecule has 1 aromatic rings. The van der Waals surface area contributed by atoms with E-state index in [4.69, 9.17) is 0 Å². The number of amides is 2. The Morgan fingerprint density at radius 3 is 2.67 bits per heavy atom. The van der Waals surface area contributed by atoms with E-state index in [1.165, 1.54) is 16.7 Å². The highest BCUT2D eigenvalue weighted by Crippen LogP contribution is 2.25. The van der Waals surface area contributed by atoms with E-state index in [9.17, 15) is 18.0 Å². The van der Waals surface area contributed by atoms with E-state index in [0.29, 0.717) is 19.5 Å². The molecule has 7 heteroatoms. The van der Waals surface area contributed by atoms with Gasteiger partial charge in [-0.1, -0.05) is 30.3 Å². The molecule has 1 fully saturated rings. The van der Waals surface area contributed by atoms with Crippen LogP contribution >= 0.6 is 0 Å². The van der Waals surface area contributed by atoms with Crippen LogP contribution in [0.5, 0.6) is 0 Å². The quantitative estimate of drug-likeness (QED) is 0.845. The lowest BCUT2D eigenvalue weighted by atomic mass is 9.95. The van der Waals surface area contributed by atoms with Crippen LogP contribution in [0.25, 0.3) is 5.57 Å². The summed E-state index contributed by atoms with van der Waals surface area (Å²) in [7, 11) is -3.50. The van der Waals surface area contributed by atoms with Gasteiger partial charge in [0.2, 0.25) is 11.8 Å². The number of rotatable bonds is 2. The van der Waals surface area contributed by atoms with Gasteiger partial charge in [0.1, 0.15) is 11.8 Å². The van der Waals surface area contributed by atoms with Crippen molar-refractivity contribution in [3.05, 3.63) is 41.5 Å². The lowest BCUT2D eigenvalue weighted by molar-refractivity contribution is -0.135. The Morgan fingerprint density at radius 2 is 2.04 bits per heavy atom. The predicted molar refractivity (Wildman–Crippen MR) is 90.9 cm³/mol. The molecule has 6 nitrogen and oxygen atoms in total. The maximum atomic E-state index is 12.5. The first-order valence-corrected chi connectivity index (χ1v) is 9.71. The second-order valence-electron chi connectivity index (χ2n) is 6.25. The maximum Gasteiger partial charge on any atom is 0.246 e. The van der Waals surface area contributed by atoms with E-state index >= 15 is 0 Å². The number of carbonyl (C=O) groups excluding carboxylic acids is 2. The molecule has 1 N–H and O–H groups in total. The number of aryl methyl sites for hydroxylation is 1. The summed E-state index contributed by atoms with van der Waals surface area (Å²) < 4.78 is 23.4. The van der Waals surface area contributed by atoms with Gasteiger partial charge >= 0.3 is 0 Å². The van der Waals surface area contributed by atoms with E-state index < -0.39 is 27.5 Å². The van der Waals surface area contributed by atoms with Crippen LogP contribution in [0.15, 0.2) is 30.3 Å². The van der Waals surface area contributed by atoms with Crippen molar-refractivity contribution in [1.82, 2.24) is 10.2 Å². The lowest BCUT2D eigenvalue weighted by Crippen LogP contribution is -2.57. The highest BCUT2D eigenvalue weighted by atomic mass is 32.2. The molecular weight excluding hydrogens is 328 g/mol. The van der Waals surface area contributed by atoms with Crippen LogP contribution in [0, 0.1) is 6.92 Å². The van der Waals surface area contributed by atoms with Gasteiger partial charge < -0.3 is 10.2 Å². The fourth-order valence-corrected chi connectivity index (χ4v) is 4.53. The van der Waals surface area contributed by atoms with Crippen LogP contribution in [0.2, 0.25) is 0 Å². The number of hydrogen-bond donors (Lipinski definition) is 1. The van der Waals surface area contributed by atoms with Gasteiger partial charge in [-0.05, 0) is 30.0 Å². The van der Waals surface area contributed by atoms with Crippen molar-refractivity contribution in [2.75, 3.05) is 24.6 Å². The molecule has 2 aliphatic heterocycles. The van der Waals surface area contributed by atoms with E-state index in [0.717, 1.165) is 0 Å². The highest BCUT2D eigenvalue weighted by Gasteiger charge is 2.36.